The summed E-state index contributed by atoms with van der Waals surface area (Å²) in [4.78, 5) is 32.3. The number of amides is 1. The van der Waals surface area contributed by atoms with Gasteiger partial charge in [-0.25, -0.2) is 27.7 Å². The molecule has 36 heavy (non-hydrogen) atoms. The van der Waals surface area contributed by atoms with Gasteiger partial charge < -0.3 is 19.3 Å². The summed E-state index contributed by atoms with van der Waals surface area (Å²) in [6, 6.07) is 1.35. The first-order valence-corrected chi connectivity index (χ1v) is 11.3. The number of anilines is 1. The summed E-state index contributed by atoms with van der Waals surface area (Å²) in [6.45, 7) is 8.96. The van der Waals surface area contributed by atoms with E-state index in [0.717, 1.165) is 0 Å². The molecular formula is C24H26F5N3O4. The second kappa shape index (κ2) is 10.7. The lowest BCUT2D eigenvalue weighted by Gasteiger charge is -2.37. The van der Waals surface area contributed by atoms with Crippen molar-refractivity contribution in [3.05, 3.63) is 52.6 Å². The van der Waals surface area contributed by atoms with Gasteiger partial charge in [-0.3, -0.25) is 0 Å². The van der Waals surface area contributed by atoms with E-state index in [1.165, 1.54) is 12.3 Å². The van der Waals surface area contributed by atoms with Gasteiger partial charge in [0.15, 0.2) is 0 Å². The summed E-state index contributed by atoms with van der Waals surface area (Å²) in [7, 11) is 0. The third-order valence-corrected chi connectivity index (χ3v) is 5.33. The zero-order valence-corrected chi connectivity index (χ0v) is 20.3. The average molecular weight is 515 g/mol. The molecule has 0 N–H and O–H groups in total. The number of carbonyl (C=O) groups excluding carboxylic acids is 2. The van der Waals surface area contributed by atoms with Crippen molar-refractivity contribution in [2.45, 2.75) is 46.1 Å². The van der Waals surface area contributed by atoms with Crippen LogP contribution in [0.5, 0.6) is 5.75 Å². The molecule has 1 saturated heterocycles. The van der Waals surface area contributed by atoms with Crippen molar-refractivity contribution >= 4 is 17.7 Å². The van der Waals surface area contributed by atoms with Crippen LogP contribution in [0, 0.1) is 29.1 Å². The molecule has 1 aliphatic rings. The normalized spacial score (nSPS) is 14.1. The second-order valence-electron chi connectivity index (χ2n) is 9.19. The van der Waals surface area contributed by atoms with Crippen molar-refractivity contribution in [2.75, 3.05) is 31.1 Å². The number of aryl methyl sites for hydroxylation is 1. The molecular weight excluding hydrogens is 489 g/mol. The van der Waals surface area contributed by atoms with Crippen molar-refractivity contribution in [1.29, 1.82) is 0 Å². The van der Waals surface area contributed by atoms with Crippen LogP contribution in [0.4, 0.5) is 32.4 Å². The van der Waals surface area contributed by atoms with Crippen molar-refractivity contribution in [3.8, 4) is 5.75 Å². The van der Waals surface area contributed by atoms with Gasteiger partial charge in [0.05, 0.1) is 11.9 Å². The molecule has 0 bridgehead atoms. The lowest BCUT2D eigenvalue weighted by atomic mass is 10.1. The molecule has 0 aliphatic carbocycles. The number of hydrogen-bond donors (Lipinski definition) is 0. The number of rotatable bonds is 5. The highest BCUT2D eigenvalue weighted by Crippen LogP contribution is 2.30. The molecule has 0 radical (unpaired) electrons. The molecule has 0 spiro atoms. The quantitative estimate of drug-likeness (QED) is 0.183. The first kappa shape index (κ1) is 27.2. The first-order valence-electron chi connectivity index (χ1n) is 11.3. The number of halogens is 5. The van der Waals surface area contributed by atoms with Gasteiger partial charge in [-0.15, -0.1) is 0 Å². The molecule has 1 aliphatic heterocycles. The third kappa shape index (κ3) is 5.85. The predicted octanol–water partition coefficient (Wildman–Crippen LogP) is 5.01. The summed E-state index contributed by atoms with van der Waals surface area (Å²) in [5.74, 6) is -14.4. The van der Waals surface area contributed by atoms with E-state index in [1.807, 2.05) is 11.8 Å². The van der Waals surface area contributed by atoms with E-state index in [-0.39, 0.29) is 5.69 Å². The molecule has 1 aromatic carbocycles. The van der Waals surface area contributed by atoms with E-state index in [2.05, 4.69) is 9.72 Å². The number of piperazine rings is 1. The predicted molar refractivity (Wildman–Crippen MR) is 119 cm³/mol. The maximum Gasteiger partial charge on any atom is 0.410 e. The van der Waals surface area contributed by atoms with E-state index >= 15 is 0 Å². The van der Waals surface area contributed by atoms with Crippen LogP contribution >= 0.6 is 0 Å². The Morgan fingerprint density at radius 1 is 0.944 bits per heavy atom. The summed E-state index contributed by atoms with van der Waals surface area (Å²) in [5, 5.41) is 0. The average Bonchev–Trinajstić information content (AvgIpc) is 2.83. The fraction of sp³-hybridized carbons (Fsp3) is 0.458. The Kier molecular flexibility index (Phi) is 8.05. The summed E-state index contributed by atoms with van der Waals surface area (Å²) in [6.07, 6.45) is 2.15. The van der Waals surface area contributed by atoms with Gasteiger partial charge in [-0.2, -0.15) is 8.78 Å². The number of hydrogen-bond acceptors (Lipinski definition) is 6. The molecule has 196 valence electrons. The molecule has 1 amide bonds. The van der Waals surface area contributed by atoms with E-state index in [9.17, 15) is 31.5 Å². The minimum Gasteiger partial charge on any atom is -0.444 e. The largest absolute Gasteiger partial charge is 0.444 e. The Balaban J connectivity index is 1.78. The Morgan fingerprint density at radius 2 is 1.50 bits per heavy atom. The molecule has 12 heteroatoms. The zero-order chi connectivity index (χ0) is 26.8. The summed E-state index contributed by atoms with van der Waals surface area (Å²) in [5.41, 5.74) is 0.378. The topological polar surface area (TPSA) is 72.0 Å². The molecule has 2 heterocycles. The number of aromatic nitrogens is 1. The molecule has 1 fully saturated rings. The fourth-order valence-electron chi connectivity index (χ4n) is 3.63. The van der Waals surface area contributed by atoms with Gasteiger partial charge in [0, 0.05) is 26.2 Å². The van der Waals surface area contributed by atoms with Crippen LogP contribution in [-0.2, 0) is 11.2 Å². The SMILES string of the molecule is CCCc1cc(C(=O)Oc2c(F)c(F)c(F)c(F)c2F)ncc1N1CCN(C(=O)OC(C)(C)C)CC1. The summed E-state index contributed by atoms with van der Waals surface area (Å²) < 4.78 is 77.8. The van der Waals surface area contributed by atoms with Crippen molar-refractivity contribution < 1.29 is 41.0 Å². The smallest absolute Gasteiger partial charge is 0.410 e. The van der Waals surface area contributed by atoms with Crippen LogP contribution < -0.4 is 9.64 Å². The van der Waals surface area contributed by atoms with E-state index in [4.69, 9.17) is 4.74 Å². The number of nitrogens with zero attached hydrogens (tertiary/aromatic N) is 3. The third-order valence-electron chi connectivity index (χ3n) is 5.33. The fourth-order valence-corrected chi connectivity index (χ4v) is 3.63. The van der Waals surface area contributed by atoms with Gasteiger partial charge >= 0.3 is 12.1 Å². The number of benzene rings is 1. The lowest BCUT2D eigenvalue weighted by Crippen LogP contribution is -2.50. The van der Waals surface area contributed by atoms with Crippen LogP contribution in [0.15, 0.2) is 12.3 Å². The number of carbonyl (C=O) groups is 2. The Bertz CT molecular complexity index is 1130. The van der Waals surface area contributed by atoms with Crippen LogP contribution in [0.25, 0.3) is 0 Å². The highest BCUT2D eigenvalue weighted by atomic mass is 19.2. The maximum absolute atomic E-state index is 13.9. The van der Waals surface area contributed by atoms with Crippen LogP contribution in [0.1, 0.15) is 50.2 Å². The van der Waals surface area contributed by atoms with E-state index < -0.39 is 52.5 Å². The van der Waals surface area contributed by atoms with Crippen LogP contribution in [0.2, 0.25) is 0 Å². The van der Waals surface area contributed by atoms with Gasteiger partial charge in [0.1, 0.15) is 11.3 Å². The highest BCUT2D eigenvalue weighted by molar-refractivity contribution is 5.89. The zero-order valence-electron chi connectivity index (χ0n) is 20.3. The van der Waals surface area contributed by atoms with Gasteiger partial charge in [0.2, 0.25) is 34.8 Å². The van der Waals surface area contributed by atoms with E-state index in [1.54, 1.807) is 25.7 Å². The van der Waals surface area contributed by atoms with Crippen molar-refractivity contribution in [1.82, 2.24) is 9.88 Å². The molecule has 7 nitrogen and oxygen atoms in total. The monoisotopic (exact) mass is 515 g/mol. The van der Waals surface area contributed by atoms with Crippen LogP contribution in [-0.4, -0.2) is 53.7 Å². The molecule has 2 aromatic rings. The Labute approximate surface area is 204 Å². The van der Waals surface area contributed by atoms with Gasteiger partial charge in [-0.05, 0) is 38.8 Å². The molecule has 0 atom stereocenters. The number of ether oxygens (including phenoxy) is 2. The number of pyridine rings is 1. The van der Waals surface area contributed by atoms with Crippen molar-refractivity contribution in [2.24, 2.45) is 0 Å². The standard InChI is InChI=1S/C24H26F5N3O4/c1-5-6-13-11-14(22(33)35-21-19(28)17(26)16(25)18(27)20(21)29)30-12-15(13)31-7-9-32(10-8-31)23(34)36-24(2,3)4/h11-12H,5-10H2,1-4H3. The Morgan fingerprint density at radius 3 is 2.03 bits per heavy atom. The Hall–Kier alpha value is -3.44. The molecule has 0 unspecified atom stereocenters. The maximum atomic E-state index is 13.9. The minimum atomic E-state index is -2.36. The van der Waals surface area contributed by atoms with Crippen LogP contribution in [0.3, 0.4) is 0 Å². The molecule has 0 saturated carbocycles. The summed E-state index contributed by atoms with van der Waals surface area (Å²) >= 11 is 0. The van der Waals surface area contributed by atoms with Gasteiger partial charge in [-0.1, -0.05) is 13.3 Å². The first-order chi connectivity index (χ1) is 16.8. The van der Waals surface area contributed by atoms with E-state index in [0.29, 0.717) is 50.3 Å². The molecule has 1 aromatic heterocycles. The highest BCUT2D eigenvalue weighted by Gasteiger charge is 2.30. The minimum absolute atomic E-state index is 0.362. The second-order valence-corrected chi connectivity index (χ2v) is 9.19. The van der Waals surface area contributed by atoms with Gasteiger partial charge in [0.25, 0.3) is 0 Å². The van der Waals surface area contributed by atoms with Crippen molar-refractivity contribution in [3.63, 3.8) is 0 Å². The molecule has 3 rings (SSSR count). The lowest BCUT2D eigenvalue weighted by molar-refractivity contribution is 0.0240. The number of esters is 1.